The number of hydrogen-bond donors (Lipinski definition) is 0. The zero-order valence-corrected chi connectivity index (χ0v) is 9.46. The van der Waals surface area contributed by atoms with Gasteiger partial charge in [0.05, 0.1) is 23.7 Å². The van der Waals surface area contributed by atoms with Gasteiger partial charge in [0, 0.05) is 0 Å². The van der Waals surface area contributed by atoms with Crippen LogP contribution in [0, 0.1) is 22.2 Å². The number of nitrogens with zero attached hydrogens (tertiary/aromatic N) is 3. The monoisotopic (exact) mass is 239 g/mol. The van der Waals surface area contributed by atoms with Gasteiger partial charge in [-0.25, -0.2) is 4.73 Å². The molecule has 0 bridgehead atoms. The molecular formula is C10H13N3O4. The average molecular weight is 239 g/mol. The van der Waals surface area contributed by atoms with Gasteiger partial charge in [-0.15, -0.1) is 0 Å². The molecule has 7 heteroatoms. The number of aryl methyl sites for hydroxylation is 1. The summed E-state index contributed by atoms with van der Waals surface area (Å²) in [6.45, 7) is 3.75. The Kier molecular flexibility index (Phi) is 3.10. The fourth-order valence-corrected chi connectivity index (χ4v) is 1.83. The SMILES string of the molecule is Cc1c[n+]([O-])c(N2CCOCC2)cc1[N+](=O)[O-]. The van der Waals surface area contributed by atoms with Gasteiger partial charge in [0.15, 0.2) is 0 Å². The smallest absolute Gasteiger partial charge is 0.286 e. The average Bonchev–Trinajstić information content (AvgIpc) is 2.29. The van der Waals surface area contributed by atoms with E-state index < -0.39 is 4.92 Å². The van der Waals surface area contributed by atoms with Crippen molar-refractivity contribution in [1.82, 2.24) is 0 Å². The zero-order chi connectivity index (χ0) is 12.4. The molecule has 0 aliphatic carbocycles. The predicted molar refractivity (Wildman–Crippen MR) is 59.8 cm³/mol. The third-order valence-corrected chi connectivity index (χ3v) is 2.74. The van der Waals surface area contributed by atoms with Gasteiger partial charge in [-0.1, -0.05) is 0 Å². The van der Waals surface area contributed by atoms with Gasteiger partial charge < -0.3 is 9.94 Å². The van der Waals surface area contributed by atoms with Gasteiger partial charge in [0.25, 0.3) is 11.5 Å². The summed E-state index contributed by atoms with van der Waals surface area (Å²) in [5.74, 6) is 0.311. The Morgan fingerprint density at radius 3 is 2.71 bits per heavy atom. The maximum atomic E-state index is 11.7. The van der Waals surface area contributed by atoms with Crippen LogP contribution in [-0.2, 0) is 4.74 Å². The minimum atomic E-state index is -0.473. The summed E-state index contributed by atoms with van der Waals surface area (Å²) in [7, 11) is 0. The molecule has 2 heterocycles. The second-order valence-electron chi connectivity index (χ2n) is 3.88. The Labute approximate surface area is 98.0 Å². The Balaban J connectivity index is 2.38. The van der Waals surface area contributed by atoms with Gasteiger partial charge >= 0.3 is 0 Å². The number of hydrogen-bond acceptors (Lipinski definition) is 5. The highest BCUT2D eigenvalue weighted by atomic mass is 16.6. The molecule has 0 saturated carbocycles. The molecule has 2 rings (SSSR count). The van der Waals surface area contributed by atoms with E-state index in [0.717, 1.165) is 0 Å². The van der Waals surface area contributed by atoms with Crippen molar-refractivity contribution >= 4 is 11.5 Å². The quantitative estimate of drug-likeness (QED) is 0.322. The van der Waals surface area contributed by atoms with Crippen molar-refractivity contribution in [3.05, 3.63) is 33.1 Å². The molecule has 0 aromatic carbocycles. The summed E-state index contributed by atoms with van der Waals surface area (Å²) >= 11 is 0. The van der Waals surface area contributed by atoms with Crippen molar-refractivity contribution in [2.24, 2.45) is 0 Å². The van der Waals surface area contributed by atoms with Crippen molar-refractivity contribution in [3.63, 3.8) is 0 Å². The molecule has 1 fully saturated rings. The lowest BCUT2D eigenvalue weighted by Gasteiger charge is -2.24. The Bertz CT molecular complexity index is 443. The number of morpholine rings is 1. The summed E-state index contributed by atoms with van der Waals surface area (Å²) in [5.41, 5.74) is 0.334. The highest BCUT2D eigenvalue weighted by Crippen LogP contribution is 2.21. The first-order chi connectivity index (χ1) is 8.09. The molecule has 1 aromatic heterocycles. The number of pyridine rings is 1. The molecule has 0 spiro atoms. The van der Waals surface area contributed by atoms with E-state index in [1.165, 1.54) is 12.3 Å². The van der Waals surface area contributed by atoms with Gasteiger partial charge in [-0.3, -0.25) is 15.0 Å². The van der Waals surface area contributed by atoms with E-state index in [4.69, 9.17) is 4.74 Å². The molecule has 0 unspecified atom stereocenters. The summed E-state index contributed by atoms with van der Waals surface area (Å²) in [5, 5.41) is 22.5. The summed E-state index contributed by atoms with van der Waals surface area (Å²) in [6, 6.07) is 1.33. The van der Waals surface area contributed by atoms with Crippen molar-refractivity contribution in [2.45, 2.75) is 6.92 Å². The van der Waals surface area contributed by atoms with Crippen LogP contribution in [0.4, 0.5) is 11.5 Å². The van der Waals surface area contributed by atoms with E-state index in [1.54, 1.807) is 11.8 Å². The second-order valence-corrected chi connectivity index (χ2v) is 3.88. The third-order valence-electron chi connectivity index (χ3n) is 2.74. The molecule has 1 aliphatic heterocycles. The van der Waals surface area contributed by atoms with Gasteiger partial charge in [-0.2, -0.15) is 0 Å². The fourth-order valence-electron chi connectivity index (χ4n) is 1.83. The van der Waals surface area contributed by atoms with Gasteiger partial charge in [0.1, 0.15) is 25.4 Å². The fraction of sp³-hybridized carbons (Fsp3) is 0.500. The van der Waals surface area contributed by atoms with Crippen LogP contribution in [-0.4, -0.2) is 31.2 Å². The molecule has 0 atom stereocenters. The molecule has 7 nitrogen and oxygen atoms in total. The molecule has 1 aromatic rings. The molecule has 1 saturated heterocycles. The van der Waals surface area contributed by atoms with E-state index >= 15 is 0 Å². The minimum absolute atomic E-state index is 0.0291. The minimum Gasteiger partial charge on any atom is -0.711 e. The Morgan fingerprint density at radius 2 is 2.12 bits per heavy atom. The number of nitro groups is 1. The van der Waals surface area contributed by atoms with Crippen LogP contribution in [0.5, 0.6) is 0 Å². The summed E-state index contributed by atoms with van der Waals surface area (Å²) < 4.78 is 5.85. The van der Waals surface area contributed by atoms with Crippen LogP contribution in [0.3, 0.4) is 0 Å². The van der Waals surface area contributed by atoms with Crippen molar-refractivity contribution in [2.75, 3.05) is 31.2 Å². The first-order valence-corrected chi connectivity index (χ1v) is 5.30. The van der Waals surface area contributed by atoms with Crippen LogP contribution in [0.1, 0.15) is 5.56 Å². The van der Waals surface area contributed by atoms with Crippen LogP contribution >= 0.6 is 0 Å². The van der Waals surface area contributed by atoms with Crippen LogP contribution < -0.4 is 9.63 Å². The van der Waals surface area contributed by atoms with Crippen molar-refractivity contribution in [3.8, 4) is 0 Å². The topological polar surface area (TPSA) is 82.5 Å². The van der Waals surface area contributed by atoms with E-state index in [1.807, 2.05) is 0 Å². The molecule has 1 aliphatic rings. The van der Waals surface area contributed by atoms with Gasteiger partial charge in [-0.05, 0) is 6.92 Å². The summed E-state index contributed by atoms with van der Waals surface area (Å²) in [4.78, 5) is 12.1. The van der Waals surface area contributed by atoms with E-state index in [9.17, 15) is 15.3 Å². The molecule has 17 heavy (non-hydrogen) atoms. The molecule has 0 N–H and O–H groups in total. The maximum absolute atomic E-state index is 11.7. The number of ether oxygens (including phenoxy) is 1. The number of rotatable bonds is 2. The van der Waals surface area contributed by atoms with E-state index in [-0.39, 0.29) is 5.69 Å². The lowest BCUT2D eigenvalue weighted by molar-refractivity contribution is -0.593. The maximum Gasteiger partial charge on any atom is 0.286 e. The Morgan fingerprint density at radius 1 is 1.47 bits per heavy atom. The molecule has 0 radical (unpaired) electrons. The molecule has 0 amide bonds. The highest BCUT2D eigenvalue weighted by molar-refractivity contribution is 5.47. The standard InChI is InChI=1S/C10H13N3O4/c1-8-7-12(14)10(6-9(8)13(15)16)11-2-4-17-5-3-11/h6-7H,2-5H2,1H3. The Hall–Kier alpha value is -1.89. The highest BCUT2D eigenvalue weighted by Gasteiger charge is 2.24. The first kappa shape index (κ1) is 11.6. The third kappa shape index (κ3) is 2.28. The summed E-state index contributed by atoms with van der Waals surface area (Å²) in [6.07, 6.45) is 1.24. The second kappa shape index (κ2) is 4.54. The number of anilines is 1. The zero-order valence-electron chi connectivity index (χ0n) is 9.46. The lowest BCUT2D eigenvalue weighted by Crippen LogP contribution is -2.44. The molecular weight excluding hydrogens is 226 g/mol. The van der Waals surface area contributed by atoms with Crippen LogP contribution in [0.25, 0.3) is 0 Å². The van der Waals surface area contributed by atoms with Crippen molar-refractivity contribution < 1.29 is 14.4 Å². The normalized spacial score (nSPS) is 15.9. The largest absolute Gasteiger partial charge is 0.711 e. The predicted octanol–water partition coefficient (Wildman–Crippen LogP) is 0.373. The van der Waals surface area contributed by atoms with E-state index in [0.29, 0.717) is 42.4 Å². The van der Waals surface area contributed by atoms with Gasteiger partial charge in [0.2, 0.25) is 0 Å². The first-order valence-electron chi connectivity index (χ1n) is 5.30. The lowest BCUT2D eigenvalue weighted by atomic mass is 10.2. The van der Waals surface area contributed by atoms with Crippen molar-refractivity contribution in [1.29, 1.82) is 0 Å². The van der Waals surface area contributed by atoms with E-state index in [2.05, 4.69) is 0 Å². The molecule has 92 valence electrons. The number of aromatic nitrogens is 1. The van der Waals surface area contributed by atoms with Crippen LogP contribution in [0.2, 0.25) is 0 Å². The van der Waals surface area contributed by atoms with Crippen LogP contribution in [0.15, 0.2) is 12.3 Å².